The average molecular weight is 427 g/mol. The Morgan fingerprint density at radius 2 is 2.15 bits per heavy atom. The lowest BCUT2D eigenvalue weighted by molar-refractivity contribution is 0.102. The summed E-state index contributed by atoms with van der Waals surface area (Å²) < 4.78 is 8.50. The molecule has 138 valence electrons. The molecule has 0 aliphatic heterocycles. The van der Waals surface area contributed by atoms with Crippen molar-refractivity contribution < 1.29 is 9.53 Å². The van der Waals surface area contributed by atoms with Crippen LogP contribution in [0.3, 0.4) is 0 Å². The Hall–Kier alpha value is -2.67. The van der Waals surface area contributed by atoms with Crippen molar-refractivity contribution in [2.24, 2.45) is 5.92 Å². The molecule has 1 atom stereocenters. The van der Waals surface area contributed by atoms with Gasteiger partial charge in [-0.3, -0.25) is 4.79 Å². The topological polar surface area (TPSA) is 69.0 Å². The SMILES string of the molecule is CC(C1CC1)n1nccc1NC(=O)c1ccc(Oc2cccc(Br)c2)nc1. The number of pyridine rings is 1. The molecule has 0 bridgehead atoms. The lowest BCUT2D eigenvalue weighted by Gasteiger charge is -2.15. The summed E-state index contributed by atoms with van der Waals surface area (Å²) >= 11 is 3.40. The van der Waals surface area contributed by atoms with E-state index in [9.17, 15) is 4.79 Å². The number of carbonyl (C=O) groups is 1. The van der Waals surface area contributed by atoms with Crippen molar-refractivity contribution in [3.05, 3.63) is 64.9 Å². The van der Waals surface area contributed by atoms with Gasteiger partial charge >= 0.3 is 0 Å². The molecular weight excluding hydrogens is 408 g/mol. The predicted molar refractivity (Wildman–Crippen MR) is 106 cm³/mol. The Kier molecular flexibility index (Phi) is 4.94. The number of ether oxygens (including phenoxy) is 1. The zero-order valence-electron chi connectivity index (χ0n) is 14.8. The molecule has 0 radical (unpaired) electrons. The van der Waals surface area contributed by atoms with Crippen LogP contribution in [0.15, 0.2) is 59.3 Å². The standard InChI is InChI=1S/C20H19BrN4O2/c1-13(14-5-6-14)25-18(9-10-23-25)24-20(26)15-7-8-19(22-12-15)27-17-4-2-3-16(21)11-17/h2-4,7-14H,5-6H2,1H3,(H,24,26). The molecule has 1 saturated carbocycles. The third-order valence-corrected chi connectivity index (χ3v) is 5.11. The van der Waals surface area contributed by atoms with Crippen molar-refractivity contribution in [2.45, 2.75) is 25.8 Å². The molecule has 3 aromatic rings. The normalized spacial score (nSPS) is 14.6. The first kappa shape index (κ1) is 17.7. The van der Waals surface area contributed by atoms with E-state index in [1.165, 1.54) is 19.0 Å². The van der Waals surface area contributed by atoms with E-state index in [0.717, 1.165) is 4.47 Å². The van der Waals surface area contributed by atoms with E-state index in [0.29, 0.717) is 28.9 Å². The highest BCUT2D eigenvalue weighted by Crippen LogP contribution is 2.40. The molecular formula is C20H19BrN4O2. The van der Waals surface area contributed by atoms with Crippen LogP contribution in [-0.4, -0.2) is 20.7 Å². The number of anilines is 1. The minimum atomic E-state index is -0.221. The summed E-state index contributed by atoms with van der Waals surface area (Å²) in [6.45, 7) is 2.13. The van der Waals surface area contributed by atoms with Gasteiger partial charge in [0.25, 0.3) is 5.91 Å². The van der Waals surface area contributed by atoms with E-state index in [-0.39, 0.29) is 11.9 Å². The molecule has 1 aliphatic carbocycles. The summed E-state index contributed by atoms with van der Waals surface area (Å²) in [5.41, 5.74) is 0.461. The number of benzene rings is 1. The summed E-state index contributed by atoms with van der Waals surface area (Å²) in [6.07, 6.45) is 5.66. The van der Waals surface area contributed by atoms with Gasteiger partial charge < -0.3 is 10.1 Å². The number of nitrogens with zero attached hydrogens (tertiary/aromatic N) is 3. The van der Waals surface area contributed by atoms with E-state index in [1.54, 1.807) is 18.3 Å². The van der Waals surface area contributed by atoms with Gasteiger partial charge in [-0.05, 0) is 49.9 Å². The maximum absolute atomic E-state index is 12.5. The number of hydrogen-bond donors (Lipinski definition) is 1. The monoisotopic (exact) mass is 426 g/mol. The zero-order valence-corrected chi connectivity index (χ0v) is 16.4. The molecule has 1 aliphatic rings. The van der Waals surface area contributed by atoms with Gasteiger partial charge in [0.15, 0.2) is 0 Å². The van der Waals surface area contributed by atoms with E-state index < -0.39 is 0 Å². The van der Waals surface area contributed by atoms with Crippen LogP contribution in [0.2, 0.25) is 0 Å². The summed E-state index contributed by atoms with van der Waals surface area (Å²) in [4.78, 5) is 16.8. The highest BCUT2D eigenvalue weighted by Gasteiger charge is 2.30. The van der Waals surface area contributed by atoms with Crippen LogP contribution >= 0.6 is 15.9 Å². The quantitative estimate of drug-likeness (QED) is 0.598. The predicted octanol–water partition coefficient (Wildman–Crippen LogP) is 5.06. The van der Waals surface area contributed by atoms with Gasteiger partial charge in [0.05, 0.1) is 17.8 Å². The third-order valence-electron chi connectivity index (χ3n) is 4.62. The lowest BCUT2D eigenvalue weighted by atomic mass is 10.2. The largest absolute Gasteiger partial charge is 0.439 e. The Labute approximate surface area is 165 Å². The van der Waals surface area contributed by atoms with Crippen molar-refractivity contribution >= 4 is 27.7 Å². The number of hydrogen-bond acceptors (Lipinski definition) is 4. The molecule has 1 fully saturated rings. The summed E-state index contributed by atoms with van der Waals surface area (Å²) in [5.74, 6) is 2.23. The van der Waals surface area contributed by atoms with Gasteiger partial charge in [-0.2, -0.15) is 5.10 Å². The van der Waals surface area contributed by atoms with Gasteiger partial charge in [0.2, 0.25) is 5.88 Å². The van der Waals surface area contributed by atoms with Crippen molar-refractivity contribution in [3.63, 3.8) is 0 Å². The van der Waals surface area contributed by atoms with Crippen molar-refractivity contribution in [1.82, 2.24) is 14.8 Å². The van der Waals surface area contributed by atoms with Crippen LogP contribution in [0.4, 0.5) is 5.82 Å². The highest BCUT2D eigenvalue weighted by atomic mass is 79.9. The van der Waals surface area contributed by atoms with Crippen LogP contribution in [0, 0.1) is 5.92 Å². The van der Waals surface area contributed by atoms with Gasteiger partial charge in [0.1, 0.15) is 11.6 Å². The van der Waals surface area contributed by atoms with E-state index in [1.807, 2.05) is 35.0 Å². The van der Waals surface area contributed by atoms with E-state index >= 15 is 0 Å². The molecule has 1 unspecified atom stereocenters. The van der Waals surface area contributed by atoms with Crippen LogP contribution < -0.4 is 10.1 Å². The third kappa shape index (κ3) is 4.19. The minimum absolute atomic E-state index is 0.221. The molecule has 0 spiro atoms. The second kappa shape index (κ2) is 7.52. The smallest absolute Gasteiger partial charge is 0.258 e. The number of amides is 1. The van der Waals surface area contributed by atoms with Crippen molar-refractivity contribution in [1.29, 1.82) is 0 Å². The first-order valence-corrected chi connectivity index (χ1v) is 9.64. The molecule has 27 heavy (non-hydrogen) atoms. The van der Waals surface area contributed by atoms with Gasteiger partial charge in [-0.1, -0.05) is 22.0 Å². The molecule has 4 rings (SSSR count). The molecule has 7 heteroatoms. The summed E-state index contributed by atoms with van der Waals surface area (Å²) in [7, 11) is 0. The van der Waals surface area contributed by atoms with Crippen molar-refractivity contribution in [2.75, 3.05) is 5.32 Å². The molecule has 0 saturated heterocycles. The second-order valence-electron chi connectivity index (χ2n) is 6.64. The maximum Gasteiger partial charge on any atom is 0.258 e. The summed E-state index contributed by atoms with van der Waals surface area (Å²) in [6, 6.07) is 13.0. The fourth-order valence-electron chi connectivity index (χ4n) is 2.93. The first-order valence-electron chi connectivity index (χ1n) is 8.84. The fraction of sp³-hybridized carbons (Fsp3) is 0.250. The van der Waals surface area contributed by atoms with Crippen LogP contribution in [0.1, 0.15) is 36.2 Å². The van der Waals surface area contributed by atoms with Gasteiger partial charge in [0, 0.05) is 22.8 Å². The fourth-order valence-corrected chi connectivity index (χ4v) is 3.31. The lowest BCUT2D eigenvalue weighted by Crippen LogP contribution is -2.18. The maximum atomic E-state index is 12.5. The number of halogens is 1. The Morgan fingerprint density at radius 1 is 1.30 bits per heavy atom. The molecule has 2 aromatic heterocycles. The molecule has 1 N–H and O–H groups in total. The number of aromatic nitrogens is 3. The Bertz CT molecular complexity index is 951. The van der Waals surface area contributed by atoms with Crippen molar-refractivity contribution in [3.8, 4) is 11.6 Å². The highest BCUT2D eigenvalue weighted by molar-refractivity contribution is 9.10. The zero-order chi connectivity index (χ0) is 18.8. The summed E-state index contributed by atoms with van der Waals surface area (Å²) in [5, 5.41) is 7.28. The van der Waals surface area contributed by atoms with Crippen LogP contribution in [0.5, 0.6) is 11.6 Å². The average Bonchev–Trinajstić information content (AvgIpc) is 3.41. The molecule has 1 amide bonds. The van der Waals surface area contributed by atoms with Crippen LogP contribution in [-0.2, 0) is 0 Å². The minimum Gasteiger partial charge on any atom is -0.439 e. The molecule has 1 aromatic carbocycles. The first-order chi connectivity index (χ1) is 13.1. The van der Waals surface area contributed by atoms with Gasteiger partial charge in [-0.15, -0.1) is 0 Å². The number of nitrogens with one attached hydrogen (secondary N) is 1. The van der Waals surface area contributed by atoms with Crippen LogP contribution in [0.25, 0.3) is 0 Å². The second-order valence-corrected chi connectivity index (χ2v) is 7.55. The van der Waals surface area contributed by atoms with Gasteiger partial charge in [-0.25, -0.2) is 9.67 Å². The molecule has 6 nitrogen and oxygen atoms in total. The Morgan fingerprint density at radius 3 is 2.85 bits per heavy atom. The Balaban J connectivity index is 1.43. The number of rotatable bonds is 6. The van der Waals surface area contributed by atoms with E-state index in [4.69, 9.17) is 4.74 Å². The molecule has 2 heterocycles. The van der Waals surface area contributed by atoms with E-state index in [2.05, 4.69) is 38.3 Å². The number of carbonyl (C=O) groups excluding carboxylic acids is 1.